The summed E-state index contributed by atoms with van der Waals surface area (Å²) in [6.07, 6.45) is 0.706. The molecule has 23 heavy (non-hydrogen) atoms. The highest BCUT2D eigenvalue weighted by molar-refractivity contribution is 6.31. The Labute approximate surface area is 140 Å². The molecular formula is C16H20ClN3O3. The number of likely N-dealkylation sites (tertiary alicyclic amines) is 1. The summed E-state index contributed by atoms with van der Waals surface area (Å²) in [4.78, 5) is 26.1. The van der Waals surface area contributed by atoms with E-state index in [4.69, 9.17) is 16.3 Å². The van der Waals surface area contributed by atoms with Crippen LogP contribution in [0.3, 0.4) is 0 Å². The third-order valence-corrected chi connectivity index (χ3v) is 4.43. The van der Waals surface area contributed by atoms with E-state index in [0.717, 1.165) is 12.2 Å². The Morgan fingerprint density at radius 2 is 2.35 bits per heavy atom. The van der Waals surface area contributed by atoms with Crippen LogP contribution in [0.1, 0.15) is 23.7 Å². The van der Waals surface area contributed by atoms with Gasteiger partial charge in [0.25, 0.3) is 5.91 Å². The second-order valence-electron chi connectivity index (χ2n) is 5.78. The van der Waals surface area contributed by atoms with Crippen LogP contribution in [0.4, 0.5) is 5.69 Å². The Bertz CT molecular complexity index is 623. The predicted molar refractivity (Wildman–Crippen MR) is 87.8 cm³/mol. The number of carbonyl (C=O) groups excluding carboxylic acids is 2. The smallest absolute Gasteiger partial charge is 0.256 e. The number of nitrogens with one attached hydrogen (secondary N) is 2. The molecule has 2 heterocycles. The van der Waals surface area contributed by atoms with Gasteiger partial charge in [-0.25, -0.2) is 0 Å². The SMILES string of the molecule is CCNc1ccc(Cl)cc1C(=O)N1CC[C@H]2OCC(=O)N[C@H]2C1. The minimum Gasteiger partial charge on any atom is -0.385 e. The van der Waals surface area contributed by atoms with E-state index in [0.29, 0.717) is 30.1 Å². The lowest BCUT2D eigenvalue weighted by molar-refractivity contribution is -0.139. The summed E-state index contributed by atoms with van der Waals surface area (Å²) in [5, 5.41) is 6.62. The van der Waals surface area contributed by atoms with Crippen molar-refractivity contribution in [2.24, 2.45) is 0 Å². The van der Waals surface area contributed by atoms with Gasteiger partial charge in [0.2, 0.25) is 5.91 Å². The molecule has 1 aromatic carbocycles. The van der Waals surface area contributed by atoms with E-state index in [1.165, 1.54) is 0 Å². The van der Waals surface area contributed by atoms with Crippen molar-refractivity contribution in [2.45, 2.75) is 25.5 Å². The summed E-state index contributed by atoms with van der Waals surface area (Å²) in [5.41, 5.74) is 1.33. The summed E-state index contributed by atoms with van der Waals surface area (Å²) in [7, 11) is 0. The maximum atomic E-state index is 12.9. The molecule has 2 aliphatic rings. The molecule has 1 aromatic rings. The van der Waals surface area contributed by atoms with Crippen LogP contribution in [0.5, 0.6) is 0 Å². The van der Waals surface area contributed by atoms with Gasteiger partial charge in [-0.05, 0) is 31.5 Å². The lowest BCUT2D eigenvalue weighted by atomic mass is 9.99. The molecule has 0 saturated carbocycles. The van der Waals surface area contributed by atoms with Crippen LogP contribution in [0, 0.1) is 0 Å². The van der Waals surface area contributed by atoms with Crippen molar-refractivity contribution >= 4 is 29.1 Å². The van der Waals surface area contributed by atoms with E-state index >= 15 is 0 Å². The number of morpholine rings is 1. The molecular weight excluding hydrogens is 318 g/mol. The number of rotatable bonds is 3. The van der Waals surface area contributed by atoms with Crippen LogP contribution < -0.4 is 10.6 Å². The molecule has 2 fully saturated rings. The van der Waals surface area contributed by atoms with Crippen molar-refractivity contribution < 1.29 is 14.3 Å². The molecule has 3 rings (SSSR count). The highest BCUT2D eigenvalue weighted by atomic mass is 35.5. The van der Waals surface area contributed by atoms with Gasteiger partial charge in [0.1, 0.15) is 6.61 Å². The number of hydrogen-bond donors (Lipinski definition) is 2. The van der Waals surface area contributed by atoms with E-state index in [1.54, 1.807) is 17.0 Å². The minimum absolute atomic E-state index is 0.00986. The molecule has 2 N–H and O–H groups in total. The van der Waals surface area contributed by atoms with Crippen molar-refractivity contribution in [3.05, 3.63) is 28.8 Å². The average Bonchev–Trinajstić information content (AvgIpc) is 2.55. The largest absolute Gasteiger partial charge is 0.385 e. The van der Waals surface area contributed by atoms with Crippen LogP contribution in [0.2, 0.25) is 5.02 Å². The molecule has 0 spiro atoms. The number of hydrogen-bond acceptors (Lipinski definition) is 4. The van der Waals surface area contributed by atoms with Gasteiger partial charge in [-0.15, -0.1) is 0 Å². The standard InChI is InChI=1S/C16H20ClN3O3/c1-2-18-12-4-3-10(17)7-11(12)16(22)20-6-5-14-13(8-20)19-15(21)9-23-14/h3-4,7,13-14,18H,2,5-6,8-9H2,1H3,(H,19,21)/t13-,14+/m0/s1. The van der Waals surface area contributed by atoms with Crippen LogP contribution in [-0.4, -0.2) is 55.1 Å². The molecule has 124 valence electrons. The fraction of sp³-hybridized carbons (Fsp3) is 0.500. The third-order valence-electron chi connectivity index (χ3n) is 4.19. The molecule has 7 heteroatoms. The highest BCUT2D eigenvalue weighted by Crippen LogP contribution is 2.25. The average molecular weight is 338 g/mol. The molecule has 2 atom stereocenters. The number of benzene rings is 1. The van der Waals surface area contributed by atoms with E-state index in [2.05, 4.69) is 10.6 Å². The number of piperidine rings is 1. The number of amides is 2. The minimum atomic E-state index is -0.143. The quantitative estimate of drug-likeness (QED) is 0.877. The monoisotopic (exact) mass is 337 g/mol. The summed E-state index contributed by atoms with van der Waals surface area (Å²) in [6, 6.07) is 5.12. The highest BCUT2D eigenvalue weighted by Gasteiger charge is 2.36. The summed E-state index contributed by atoms with van der Waals surface area (Å²) >= 11 is 6.05. The van der Waals surface area contributed by atoms with Gasteiger partial charge in [0, 0.05) is 30.3 Å². The second kappa shape index (κ2) is 6.76. The molecule has 0 bridgehead atoms. The van der Waals surface area contributed by atoms with Crippen molar-refractivity contribution in [3.63, 3.8) is 0 Å². The Balaban J connectivity index is 1.78. The van der Waals surface area contributed by atoms with Gasteiger partial charge in [-0.1, -0.05) is 11.6 Å². The molecule has 0 aromatic heterocycles. The van der Waals surface area contributed by atoms with Crippen LogP contribution in [0.25, 0.3) is 0 Å². The topological polar surface area (TPSA) is 70.7 Å². The molecule has 2 aliphatic heterocycles. The first-order valence-electron chi connectivity index (χ1n) is 7.82. The number of carbonyl (C=O) groups is 2. The van der Waals surface area contributed by atoms with Gasteiger partial charge in [0.05, 0.1) is 17.7 Å². The Morgan fingerprint density at radius 3 is 3.13 bits per heavy atom. The number of anilines is 1. The van der Waals surface area contributed by atoms with E-state index in [1.807, 2.05) is 13.0 Å². The molecule has 0 radical (unpaired) electrons. The Hall–Kier alpha value is -1.79. The van der Waals surface area contributed by atoms with E-state index < -0.39 is 0 Å². The van der Waals surface area contributed by atoms with E-state index in [-0.39, 0.29) is 30.6 Å². The fourth-order valence-corrected chi connectivity index (χ4v) is 3.26. The van der Waals surface area contributed by atoms with E-state index in [9.17, 15) is 9.59 Å². The maximum Gasteiger partial charge on any atom is 0.256 e. The first-order chi connectivity index (χ1) is 11.1. The zero-order valence-electron chi connectivity index (χ0n) is 13.0. The van der Waals surface area contributed by atoms with Crippen LogP contribution in [-0.2, 0) is 9.53 Å². The number of ether oxygens (including phenoxy) is 1. The molecule has 0 aliphatic carbocycles. The summed E-state index contributed by atoms with van der Waals surface area (Å²) in [6.45, 7) is 3.86. The van der Waals surface area contributed by atoms with Crippen molar-refractivity contribution in [3.8, 4) is 0 Å². The number of fused-ring (bicyclic) bond motifs is 1. The first-order valence-corrected chi connectivity index (χ1v) is 8.20. The predicted octanol–water partition coefficient (Wildman–Crippen LogP) is 1.50. The Kier molecular flexibility index (Phi) is 4.73. The van der Waals surface area contributed by atoms with Crippen LogP contribution in [0.15, 0.2) is 18.2 Å². The summed E-state index contributed by atoms with van der Waals surface area (Å²) in [5.74, 6) is -0.210. The number of nitrogens with zero attached hydrogens (tertiary/aromatic N) is 1. The van der Waals surface area contributed by atoms with Gasteiger partial charge < -0.3 is 20.3 Å². The van der Waals surface area contributed by atoms with Crippen molar-refractivity contribution in [1.29, 1.82) is 0 Å². The van der Waals surface area contributed by atoms with Crippen molar-refractivity contribution in [1.82, 2.24) is 10.2 Å². The van der Waals surface area contributed by atoms with Gasteiger partial charge in [0.15, 0.2) is 0 Å². The maximum absolute atomic E-state index is 12.9. The van der Waals surface area contributed by atoms with Gasteiger partial charge >= 0.3 is 0 Å². The Morgan fingerprint density at radius 1 is 1.52 bits per heavy atom. The first kappa shape index (κ1) is 16.1. The molecule has 6 nitrogen and oxygen atoms in total. The number of halogens is 1. The normalized spacial score (nSPS) is 23.9. The van der Waals surface area contributed by atoms with Crippen molar-refractivity contribution in [2.75, 3.05) is 31.6 Å². The summed E-state index contributed by atoms with van der Waals surface area (Å²) < 4.78 is 5.53. The van der Waals surface area contributed by atoms with Gasteiger partial charge in [-0.3, -0.25) is 9.59 Å². The lowest BCUT2D eigenvalue weighted by Crippen LogP contribution is -2.61. The second-order valence-corrected chi connectivity index (χ2v) is 6.22. The fourth-order valence-electron chi connectivity index (χ4n) is 3.09. The zero-order chi connectivity index (χ0) is 16.4. The van der Waals surface area contributed by atoms with Crippen LogP contribution >= 0.6 is 11.6 Å². The van der Waals surface area contributed by atoms with Gasteiger partial charge in [-0.2, -0.15) is 0 Å². The zero-order valence-corrected chi connectivity index (χ0v) is 13.7. The third kappa shape index (κ3) is 3.43. The lowest BCUT2D eigenvalue weighted by Gasteiger charge is -2.41. The molecule has 2 saturated heterocycles. The molecule has 2 amide bonds. The molecule has 0 unspecified atom stereocenters.